The van der Waals surface area contributed by atoms with Crippen LogP contribution in [0.2, 0.25) is 0 Å². The first-order valence-corrected chi connectivity index (χ1v) is 7.94. The monoisotopic (exact) mass is 262 g/mol. The maximum Gasteiger partial charge on any atom is 0.129 e. The Morgan fingerprint density at radius 1 is 1.32 bits per heavy atom. The molecule has 0 aromatic heterocycles. The fourth-order valence-electron chi connectivity index (χ4n) is 5.16. The summed E-state index contributed by atoms with van der Waals surface area (Å²) < 4.78 is 0. The summed E-state index contributed by atoms with van der Waals surface area (Å²) in [6.45, 7) is 13.4. The molecule has 0 saturated heterocycles. The molecule has 0 aromatic carbocycles. The van der Waals surface area contributed by atoms with Crippen molar-refractivity contribution >= 4 is 5.78 Å². The van der Waals surface area contributed by atoms with Crippen molar-refractivity contribution in [2.75, 3.05) is 0 Å². The number of Topliss-reactive ketones (excluding diaryl/α,β-unsaturated/α-hetero) is 1. The number of ketones is 1. The van der Waals surface area contributed by atoms with E-state index in [0.29, 0.717) is 22.5 Å². The smallest absolute Gasteiger partial charge is 0.129 e. The number of fused-ring (bicyclic) bond motifs is 1. The number of allylic oxidation sites excluding steroid dienone is 1. The van der Waals surface area contributed by atoms with Crippen molar-refractivity contribution in [3.63, 3.8) is 0 Å². The van der Waals surface area contributed by atoms with Crippen LogP contribution in [0.5, 0.6) is 0 Å². The number of carbonyl (C=O) groups is 1. The average molecular weight is 262 g/mol. The highest BCUT2D eigenvalue weighted by Gasteiger charge is 2.52. The molecule has 19 heavy (non-hydrogen) atoms. The zero-order chi connectivity index (χ0) is 14.3. The Balaban J connectivity index is 2.24. The van der Waals surface area contributed by atoms with Gasteiger partial charge in [0.05, 0.1) is 0 Å². The van der Waals surface area contributed by atoms with Gasteiger partial charge in [0, 0.05) is 6.42 Å². The summed E-state index contributed by atoms with van der Waals surface area (Å²) in [5.74, 6) is 1.69. The second-order valence-corrected chi connectivity index (χ2v) is 7.89. The second kappa shape index (κ2) is 5.07. The van der Waals surface area contributed by atoms with Gasteiger partial charge in [0.15, 0.2) is 0 Å². The number of hydrogen-bond acceptors (Lipinski definition) is 1. The van der Waals surface area contributed by atoms with Crippen LogP contribution in [-0.4, -0.2) is 5.78 Å². The predicted molar refractivity (Wildman–Crippen MR) is 81.0 cm³/mol. The first-order valence-electron chi connectivity index (χ1n) is 7.94. The molecule has 0 radical (unpaired) electrons. The van der Waals surface area contributed by atoms with Gasteiger partial charge >= 0.3 is 0 Å². The number of carbonyl (C=O) groups excluding carboxylic acids is 1. The third kappa shape index (κ3) is 2.66. The summed E-state index contributed by atoms with van der Waals surface area (Å²) >= 11 is 0. The normalized spacial score (nSPS) is 37.8. The molecule has 1 unspecified atom stereocenters. The van der Waals surface area contributed by atoms with E-state index in [4.69, 9.17) is 0 Å². The first-order chi connectivity index (χ1) is 8.77. The fourth-order valence-corrected chi connectivity index (χ4v) is 5.16. The molecular weight excluding hydrogens is 232 g/mol. The lowest BCUT2D eigenvalue weighted by atomic mass is 9.47. The van der Waals surface area contributed by atoms with Crippen LogP contribution < -0.4 is 0 Å². The molecule has 0 aliphatic heterocycles. The SMILES string of the molecule is C=C1CCC2C(C)(C)CCC[C@]2(C)[C@H]1CCC(C)=O. The van der Waals surface area contributed by atoms with E-state index in [9.17, 15) is 4.79 Å². The van der Waals surface area contributed by atoms with Gasteiger partial charge in [-0.25, -0.2) is 0 Å². The largest absolute Gasteiger partial charge is 0.300 e. The van der Waals surface area contributed by atoms with E-state index in [1.54, 1.807) is 6.92 Å². The summed E-state index contributed by atoms with van der Waals surface area (Å²) in [6.07, 6.45) is 8.25. The third-order valence-corrected chi connectivity index (χ3v) is 6.10. The van der Waals surface area contributed by atoms with E-state index >= 15 is 0 Å². The molecule has 3 atom stereocenters. The standard InChI is InChI=1S/C18H30O/c1-13-7-10-16-17(3,4)11-6-12-18(16,5)15(13)9-8-14(2)19/h15-16H,1,6-12H2,2-5H3/t15-,16?,18+/m0/s1. The van der Waals surface area contributed by atoms with Crippen molar-refractivity contribution in [3.05, 3.63) is 12.2 Å². The van der Waals surface area contributed by atoms with Crippen LogP contribution in [0.3, 0.4) is 0 Å². The van der Waals surface area contributed by atoms with E-state index in [0.717, 1.165) is 18.8 Å². The van der Waals surface area contributed by atoms with Crippen molar-refractivity contribution in [3.8, 4) is 0 Å². The quantitative estimate of drug-likeness (QED) is 0.642. The molecule has 2 rings (SSSR count). The molecule has 0 amide bonds. The zero-order valence-corrected chi connectivity index (χ0v) is 13.2. The molecule has 0 spiro atoms. The highest BCUT2D eigenvalue weighted by Crippen LogP contribution is 2.61. The van der Waals surface area contributed by atoms with E-state index in [1.165, 1.54) is 37.7 Å². The average Bonchev–Trinajstić information content (AvgIpc) is 2.26. The zero-order valence-electron chi connectivity index (χ0n) is 13.2. The molecule has 2 aliphatic carbocycles. The molecule has 2 aliphatic rings. The van der Waals surface area contributed by atoms with Crippen LogP contribution >= 0.6 is 0 Å². The van der Waals surface area contributed by atoms with Crippen LogP contribution in [0.25, 0.3) is 0 Å². The van der Waals surface area contributed by atoms with Crippen molar-refractivity contribution in [1.82, 2.24) is 0 Å². The van der Waals surface area contributed by atoms with Crippen molar-refractivity contribution in [1.29, 1.82) is 0 Å². The minimum atomic E-state index is 0.327. The van der Waals surface area contributed by atoms with Gasteiger partial charge in [0.2, 0.25) is 0 Å². The molecular formula is C18H30O. The molecule has 108 valence electrons. The fraction of sp³-hybridized carbons (Fsp3) is 0.833. The Hall–Kier alpha value is -0.590. The molecule has 1 nitrogen and oxygen atoms in total. The molecule has 2 saturated carbocycles. The first kappa shape index (κ1) is 14.8. The van der Waals surface area contributed by atoms with Gasteiger partial charge in [-0.2, -0.15) is 0 Å². The highest BCUT2D eigenvalue weighted by atomic mass is 16.1. The number of rotatable bonds is 3. The number of hydrogen-bond donors (Lipinski definition) is 0. The minimum absolute atomic E-state index is 0.327. The molecule has 0 N–H and O–H groups in total. The maximum atomic E-state index is 11.4. The van der Waals surface area contributed by atoms with Gasteiger partial charge < -0.3 is 4.79 Å². The molecule has 0 heterocycles. The van der Waals surface area contributed by atoms with E-state index in [-0.39, 0.29) is 0 Å². The Kier molecular flexibility index (Phi) is 3.95. The van der Waals surface area contributed by atoms with Crippen molar-refractivity contribution in [2.24, 2.45) is 22.7 Å². The lowest BCUT2D eigenvalue weighted by Gasteiger charge is -2.58. The van der Waals surface area contributed by atoms with Gasteiger partial charge in [0.1, 0.15) is 5.78 Å². The van der Waals surface area contributed by atoms with Gasteiger partial charge in [-0.05, 0) is 61.7 Å². The Bertz CT molecular complexity index is 379. The van der Waals surface area contributed by atoms with Crippen LogP contribution in [0.15, 0.2) is 12.2 Å². The van der Waals surface area contributed by atoms with E-state index in [2.05, 4.69) is 27.4 Å². The third-order valence-electron chi connectivity index (χ3n) is 6.10. The molecule has 2 fully saturated rings. The van der Waals surface area contributed by atoms with Gasteiger partial charge in [-0.15, -0.1) is 0 Å². The topological polar surface area (TPSA) is 17.1 Å². The lowest BCUT2D eigenvalue weighted by Crippen LogP contribution is -2.49. The Morgan fingerprint density at radius 2 is 2.00 bits per heavy atom. The maximum absolute atomic E-state index is 11.4. The highest BCUT2D eigenvalue weighted by molar-refractivity contribution is 5.75. The van der Waals surface area contributed by atoms with Crippen LogP contribution in [0, 0.1) is 22.7 Å². The lowest BCUT2D eigenvalue weighted by molar-refractivity contribution is -0.118. The molecule has 1 heteroatoms. The summed E-state index contributed by atoms with van der Waals surface area (Å²) in [4.78, 5) is 11.4. The van der Waals surface area contributed by atoms with Crippen LogP contribution in [-0.2, 0) is 4.79 Å². The van der Waals surface area contributed by atoms with Gasteiger partial charge in [-0.3, -0.25) is 0 Å². The summed E-state index contributed by atoms with van der Waals surface area (Å²) in [7, 11) is 0. The van der Waals surface area contributed by atoms with Crippen LogP contribution in [0.4, 0.5) is 0 Å². The second-order valence-electron chi connectivity index (χ2n) is 7.89. The van der Waals surface area contributed by atoms with Gasteiger partial charge in [-0.1, -0.05) is 39.3 Å². The summed E-state index contributed by atoms with van der Waals surface area (Å²) in [5, 5.41) is 0. The Labute approximate surface area is 118 Å². The summed E-state index contributed by atoms with van der Waals surface area (Å²) in [6, 6.07) is 0. The van der Waals surface area contributed by atoms with Gasteiger partial charge in [0.25, 0.3) is 0 Å². The van der Waals surface area contributed by atoms with Crippen molar-refractivity contribution in [2.45, 2.75) is 72.6 Å². The van der Waals surface area contributed by atoms with E-state index in [1.807, 2.05) is 0 Å². The van der Waals surface area contributed by atoms with E-state index < -0.39 is 0 Å². The van der Waals surface area contributed by atoms with Crippen LogP contribution in [0.1, 0.15) is 72.6 Å². The molecule has 0 bridgehead atoms. The predicted octanol–water partition coefficient (Wildman–Crippen LogP) is 5.15. The van der Waals surface area contributed by atoms with Crippen molar-refractivity contribution < 1.29 is 4.79 Å². The minimum Gasteiger partial charge on any atom is -0.300 e. The summed E-state index contributed by atoms with van der Waals surface area (Å²) in [5.41, 5.74) is 2.26. The Morgan fingerprint density at radius 3 is 2.63 bits per heavy atom. The molecule has 0 aromatic rings.